The summed E-state index contributed by atoms with van der Waals surface area (Å²) in [5.41, 5.74) is 0.848. The topological polar surface area (TPSA) is 61.8 Å². The van der Waals surface area contributed by atoms with Crippen molar-refractivity contribution in [1.82, 2.24) is 10.2 Å². The van der Waals surface area contributed by atoms with E-state index in [1.807, 2.05) is 6.92 Å². The van der Waals surface area contributed by atoms with Gasteiger partial charge in [-0.1, -0.05) is 6.07 Å². The highest BCUT2D eigenvalue weighted by atomic mass is 19.1. The zero-order chi connectivity index (χ0) is 14.5. The van der Waals surface area contributed by atoms with Crippen molar-refractivity contribution in [1.29, 1.82) is 0 Å². The molecule has 0 radical (unpaired) electrons. The molecule has 1 saturated heterocycles. The quantitative estimate of drug-likeness (QED) is 0.885. The van der Waals surface area contributed by atoms with Crippen LogP contribution in [0.4, 0.5) is 9.18 Å². The third kappa shape index (κ3) is 3.84. The largest absolute Gasteiger partial charge is 0.490 e. The van der Waals surface area contributed by atoms with Crippen molar-refractivity contribution in [3.63, 3.8) is 0 Å². The van der Waals surface area contributed by atoms with Gasteiger partial charge >= 0.3 is 6.09 Å². The van der Waals surface area contributed by atoms with E-state index in [9.17, 15) is 9.18 Å². The molecule has 0 bridgehead atoms. The maximum Gasteiger partial charge on any atom is 0.407 e. The van der Waals surface area contributed by atoms with Crippen LogP contribution in [0.15, 0.2) is 18.2 Å². The Bertz CT molecular complexity index is 481. The Balaban J connectivity index is 1.79. The van der Waals surface area contributed by atoms with Gasteiger partial charge in [-0.2, -0.15) is 0 Å². The van der Waals surface area contributed by atoms with E-state index in [0.29, 0.717) is 32.7 Å². The Morgan fingerprint density at radius 1 is 1.60 bits per heavy atom. The number of nitrogens with one attached hydrogen (secondary N) is 1. The highest BCUT2D eigenvalue weighted by Crippen LogP contribution is 2.18. The molecule has 5 nitrogen and oxygen atoms in total. The molecule has 0 aromatic heterocycles. The van der Waals surface area contributed by atoms with Crippen LogP contribution in [0, 0.1) is 12.7 Å². The number of hydrogen-bond donors (Lipinski definition) is 2. The van der Waals surface area contributed by atoms with E-state index in [-0.39, 0.29) is 17.6 Å². The average molecular weight is 282 g/mol. The second-order valence-corrected chi connectivity index (χ2v) is 4.95. The van der Waals surface area contributed by atoms with Crippen molar-refractivity contribution in [2.45, 2.75) is 19.4 Å². The van der Waals surface area contributed by atoms with Crippen LogP contribution in [-0.4, -0.2) is 48.4 Å². The summed E-state index contributed by atoms with van der Waals surface area (Å²) in [6.07, 6.45) is -0.265. The minimum Gasteiger partial charge on any atom is -0.490 e. The summed E-state index contributed by atoms with van der Waals surface area (Å²) in [6.45, 7) is 3.74. The van der Waals surface area contributed by atoms with E-state index < -0.39 is 6.09 Å². The number of rotatable bonds is 4. The SMILES string of the molecule is Cc1ccc(OCC[C@@H]2CN(C(=O)O)CCN2)c(F)c1. The number of carbonyl (C=O) groups is 1. The molecule has 1 aliphatic heterocycles. The van der Waals surface area contributed by atoms with Crippen LogP contribution in [-0.2, 0) is 0 Å². The first-order chi connectivity index (χ1) is 9.56. The molecule has 1 fully saturated rings. The number of amides is 1. The van der Waals surface area contributed by atoms with Gasteiger partial charge in [-0.05, 0) is 31.0 Å². The Morgan fingerprint density at radius 2 is 2.40 bits per heavy atom. The van der Waals surface area contributed by atoms with E-state index in [0.717, 1.165) is 5.56 Å². The van der Waals surface area contributed by atoms with Crippen LogP contribution in [0.25, 0.3) is 0 Å². The van der Waals surface area contributed by atoms with Crippen LogP contribution in [0.3, 0.4) is 0 Å². The second-order valence-electron chi connectivity index (χ2n) is 4.95. The molecule has 2 N–H and O–H groups in total. The lowest BCUT2D eigenvalue weighted by molar-refractivity contribution is 0.124. The minimum absolute atomic E-state index is 0.0494. The molecule has 1 aromatic rings. The number of ether oxygens (including phenoxy) is 1. The predicted octanol–water partition coefficient (Wildman–Crippen LogP) is 1.85. The van der Waals surface area contributed by atoms with Gasteiger partial charge in [-0.25, -0.2) is 9.18 Å². The van der Waals surface area contributed by atoms with E-state index >= 15 is 0 Å². The molecule has 6 heteroatoms. The van der Waals surface area contributed by atoms with Gasteiger partial charge in [0.25, 0.3) is 0 Å². The normalized spacial score (nSPS) is 18.9. The van der Waals surface area contributed by atoms with Crippen LogP contribution in [0.5, 0.6) is 5.75 Å². The maximum absolute atomic E-state index is 13.6. The number of aryl methyl sites for hydroxylation is 1. The van der Waals surface area contributed by atoms with Crippen LogP contribution >= 0.6 is 0 Å². The smallest absolute Gasteiger partial charge is 0.407 e. The molecule has 1 amide bonds. The molecule has 0 saturated carbocycles. The van der Waals surface area contributed by atoms with Crippen molar-refractivity contribution in [2.75, 3.05) is 26.2 Å². The molecule has 0 unspecified atom stereocenters. The highest BCUT2D eigenvalue weighted by Gasteiger charge is 2.22. The van der Waals surface area contributed by atoms with Crippen molar-refractivity contribution in [3.8, 4) is 5.75 Å². The molecule has 0 spiro atoms. The van der Waals surface area contributed by atoms with Gasteiger partial charge in [0.15, 0.2) is 11.6 Å². The molecule has 1 heterocycles. The maximum atomic E-state index is 13.6. The van der Waals surface area contributed by atoms with Crippen LogP contribution in [0.1, 0.15) is 12.0 Å². The first kappa shape index (κ1) is 14.6. The molecule has 1 aliphatic rings. The minimum atomic E-state index is -0.901. The van der Waals surface area contributed by atoms with Gasteiger partial charge in [0.1, 0.15) is 0 Å². The lowest BCUT2D eigenvalue weighted by Gasteiger charge is -2.31. The Hall–Kier alpha value is -1.82. The lowest BCUT2D eigenvalue weighted by atomic mass is 10.1. The van der Waals surface area contributed by atoms with Crippen LogP contribution < -0.4 is 10.1 Å². The fourth-order valence-corrected chi connectivity index (χ4v) is 2.23. The summed E-state index contributed by atoms with van der Waals surface area (Å²) in [6, 6.07) is 4.89. The van der Waals surface area contributed by atoms with E-state index in [4.69, 9.17) is 9.84 Å². The van der Waals surface area contributed by atoms with E-state index in [1.165, 1.54) is 11.0 Å². The monoisotopic (exact) mass is 282 g/mol. The third-order valence-electron chi connectivity index (χ3n) is 3.34. The highest BCUT2D eigenvalue weighted by molar-refractivity contribution is 5.65. The van der Waals surface area contributed by atoms with Gasteiger partial charge in [0.2, 0.25) is 0 Å². The number of piperazine rings is 1. The van der Waals surface area contributed by atoms with Crippen molar-refractivity contribution >= 4 is 6.09 Å². The molecule has 1 aromatic carbocycles. The summed E-state index contributed by atoms with van der Waals surface area (Å²) < 4.78 is 19.0. The number of halogens is 1. The molecule has 110 valence electrons. The second kappa shape index (κ2) is 6.56. The van der Waals surface area contributed by atoms with Gasteiger partial charge < -0.3 is 20.1 Å². The molecule has 2 rings (SSSR count). The number of carboxylic acid groups (broad SMARTS) is 1. The fourth-order valence-electron chi connectivity index (χ4n) is 2.23. The van der Waals surface area contributed by atoms with Gasteiger partial charge in [0, 0.05) is 25.7 Å². The summed E-state index contributed by atoms with van der Waals surface area (Å²) in [4.78, 5) is 12.3. The summed E-state index contributed by atoms with van der Waals surface area (Å²) in [7, 11) is 0. The summed E-state index contributed by atoms with van der Waals surface area (Å²) in [5, 5.41) is 12.2. The van der Waals surface area contributed by atoms with Crippen molar-refractivity contribution < 1.29 is 19.0 Å². The molecule has 20 heavy (non-hydrogen) atoms. The summed E-state index contributed by atoms with van der Waals surface area (Å²) >= 11 is 0. The van der Waals surface area contributed by atoms with Crippen molar-refractivity contribution in [2.24, 2.45) is 0 Å². The first-order valence-corrected chi connectivity index (χ1v) is 6.66. The number of benzene rings is 1. The Morgan fingerprint density at radius 3 is 3.10 bits per heavy atom. The Labute approximate surface area is 117 Å². The van der Waals surface area contributed by atoms with Gasteiger partial charge in [0.05, 0.1) is 6.61 Å². The number of hydrogen-bond acceptors (Lipinski definition) is 3. The van der Waals surface area contributed by atoms with E-state index in [1.54, 1.807) is 12.1 Å². The molecular formula is C14H19FN2O3. The Kier molecular flexibility index (Phi) is 4.79. The summed E-state index contributed by atoms with van der Waals surface area (Å²) in [5.74, 6) is -0.129. The molecule has 1 atom stereocenters. The zero-order valence-corrected chi connectivity index (χ0v) is 11.4. The standard InChI is InChI=1S/C14H19FN2O3/c1-10-2-3-13(12(15)8-10)20-7-4-11-9-17(14(18)19)6-5-16-11/h2-3,8,11,16H,4-7,9H2,1H3,(H,18,19)/t11-/m1/s1. The average Bonchev–Trinajstić information content (AvgIpc) is 2.41. The van der Waals surface area contributed by atoms with Crippen molar-refractivity contribution in [3.05, 3.63) is 29.6 Å². The third-order valence-corrected chi connectivity index (χ3v) is 3.34. The first-order valence-electron chi connectivity index (χ1n) is 6.66. The molecule has 0 aliphatic carbocycles. The van der Waals surface area contributed by atoms with E-state index in [2.05, 4.69) is 5.32 Å². The number of nitrogens with zero attached hydrogens (tertiary/aromatic N) is 1. The predicted molar refractivity (Wildman–Crippen MR) is 72.6 cm³/mol. The lowest BCUT2D eigenvalue weighted by Crippen LogP contribution is -2.52. The van der Waals surface area contributed by atoms with Gasteiger partial charge in [-0.15, -0.1) is 0 Å². The fraction of sp³-hybridized carbons (Fsp3) is 0.500. The van der Waals surface area contributed by atoms with Crippen LogP contribution in [0.2, 0.25) is 0 Å². The van der Waals surface area contributed by atoms with Gasteiger partial charge in [-0.3, -0.25) is 0 Å². The molecular weight excluding hydrogens is 263 g/mol. The zero-order valence-electron chi connectivity index (χ0n) is 11.4.